The number of nitro benzene ring substituents is 1. The Bertz CT molecular complexity index is 606. The third kappa shape index (κ3) is 3.90. The predicted molar refractivity (Wildman–Crippen MR) is 67.1 cm³/mol. The molecule has 1 aromatic rings. The third-order valence-electron chi connectivity index (χ3n) is 2.78. The van der Waals surface area contributed by atoms with E-state index in [-0.39, 0.29) is 42.4 Å². The maximum Gasteiger partial charge on any atom is 1.00 e. The number of nitro groups is 1. The molecule has 8 nitrogen and oxygen atoms in total. The van der Waals surface area contributed by atoms with Crippen molar-refractivity contribution in [3.8, 4) is 0 Å². The number of benzene rings is 1. The number of ether oxygens (including phenoxy) is 1. The number of nitrogens with zero attached hydrogens (tertiary/aromatic N) is 2. The first-order valence-electron chi connectivity index (χ1n) is 5.48. The van der Waals surface area contributed by atoms with Crippen molar-refractivity contribution in [2.75, 3.05) is 31.2 Å². The molecule has 0 bridgehead atoms. The number of hydrogen-bond acceptors (Lipinski definition) is 6. The molecule has 0 spiro atoms. The zero-order valence-electron chi connectivity index (χ0n) is 11.9. The largest absolute Gasteiger partial charge is 1.00 e. The van der Waals surface area contributed by atoms with E-state index in [0.29, 0.717) is 26.3 Å². The Morgan fingerprint density at radius 3 is 2.45 bits per heavy atom. The summed E-state index contributed by atoms with van der Waals surface area (Å²) < 4.78 is 37.0. The van der Waals surface area contributed by atoms with E-state index in [4.69, 9.17) is 4.74 Å². The molecule has 0 atom stereocenters. The maximum absolute atomic E-state index is 11.3. The molecule has 1 aliphatic rings. The van der Waals surface area contributed by atoms with Crippen LogP contribution in [0.15, 0.2) is 23.1 Å². The van der Waals surface area contributed by atoms with Crippen molar-refractivity contribution < 1.29 is 53.6 Å². The number of hydrogen-bond donors (Lipinski definition) is 1. The van der Waals surface area contributed by atoms with Crippen LogP contribution in [0.25, 0.3) is 0 Å². The van der Waals surface area contributed by atoms with Crippen LogP contribution in [0.3, 0.4) is 0 Å². The predicted octanol–water partition coefficient (Wildman–Crippen LogP) is -2.21. The summed E-state index contributed by atoms with van der Waals surface area (Å²) in [5, 5.41) is 10.7. The van der Waals surface area contributed by atoms with Gasteiger partial charge in [0, 0.05) is 25.2 Å². The van der Waals surface area contributed by atoms with Crippen LogP contribution in [0.4, 0.5) is 11.4 Å². The number of rotatable bonds is 3. The second-order valence-electron chi connectivity index (χ2n) is 3.98. The van der Waals surface area contributed by atoms with Crippen molar-refractivity contribution in [1.82, 2.24) is 0 Å². The van der Waals surface area contributed by atoms with E-state index >= 15 is 0 Å². The van der Waals surface area contributed by atoms with Crippen molar-refractivity contribution in [2.45, 2.75) is 4.90 Å². The van der Waals surface area contributed by atoms with E-state index < -0.39 is 19.9 Å². The Labute approximate surface area is 139 Å². The molecule has 0 saturated carbocycles. The summed E-state index contributed by atoms with van der Waals surface area (Å²) in [6, 6.07) is 3.40. The molecule has 1 heterocycles. The van der Waals surface area contributed by atoms with E-state index in [1.165, 1.54) is 12.1 Å². The molecule has 1 aliphatic heterocycles. The fraction of sp³-hybridized carbons (Fsp3) is 0.400. The van der Waals surface area contributed by atoms with Gasteiger partial charge in [-0.2, -0.15) is 8.42 Å². The summed E-state index contributed by atoms with van der Waals surface area (Å²) in [7, 11) is -4.53. The first-order chi connectivity index (χ1) is 8.89. The van der Waals surface area contributed by atoms with Crippen LogP contribution in [0, 0.1) is 10.1 Å². The van der Waals surface area contributed by atoms with Gasteiger partial charge < -0.3 is 11.1 Å². The van der Waals surface area contributed by atoms with Gasteiger partial charge in [-0.25, -0.2) is 0 Å². The first kappa shape index (κ1) is 17.3. The van der Waals surface area contributed by atoms with E-state index in [1.807, 2.05) is 0 Å². The smallest absolute Gasteiger partial charge is 1.00 e. The molecule has 1 aromatic carbocycles. The molecule has 20 heavy (non-hydrogen) atoms. The van der Waals surface area contributed by atoms with Crippen LogP contribution in [-0.2, 0) is 14.9 Å². The summed E-state index contributed by atoms with van der Waals surface area (Å²) >= 11 is 0. The van der Waals surface area contributed by atoms with Crippen LogP contribution in [0.2, 0.25) is 0 Å². The minimum absolute atomic E-state index is 0. The van der Waals surface area contributed by atoms with E-state index in [1.54, 1.807) is 4.90 Å². The van der Waals surface area contributed by atoms with Gasteiger partial charge in [-0.1, -0.05) is 0 Å². The maximum atomic E-state index is 11.3. The monoisotopic (exact) mass is 312 g/mol. The first-order valence-corrected chi connectivity index (χ1v) is 6.92. The van der Waals surface area contributed by atoms with Gasteiger partial charge in [0.05, 0.1) is 23.8 Å². The van der Waals surface area contributed by atoms with E-state index in [0.717, 1.165) is 6.07 Å². The van der Waals surface area contributed by atoms with Crippen molar-refractivity contribution in [3.63, 3.8) is 0 Å². The number of morpholine rings is 1. The fourth-order valence-corrected chi connectivity index (χ4v) is 2.62. The molecule has 1 saturated heterocycles. The van der Waals surface area contributed by atoms with Crippen LogP contribution < -0.4 is 34.5 Å². The minimum Gasteiger partial charge on any atom is -1.00 e. The molecule has 0 unspecified atom stereocenters. The normalized spacial score (nSPS) is 15.6. The molecule has 0 amide bonds. The Morgan fingerprint density at radius 1 is 1.35 bits per heavy atom. The molecule has 106 valence electrons. The zero-order valence-corrected chi connectivity index (χ0v) is 13.7. The second-order valence-corrected chi connectivity index (χ2v) is 5.37. The molecule has 0 aliphatic carbocycles. The second kappa shape index (κ2) is 6.83. The van der Waals surface area contributed by atoms with Crippen molar-refractivity contribution in [1.29, 1.82) is 0 Å². The van der Waals surface area contributed by atoms with Crippen LogP contribution in [0.1, 0.15) is 1.43 Å². The Morgan fingerprint density at radius 2 is 1.95 bits per heavy atom. The van der Waals surface area contributed by atoms with Gasteiger partial charge in [0.15, 0.2) is 0 Å². The summed E-state index contributed by atoms with van der Waals surface area (Å²) in [6.45, 7) is 1.78. The molecule has 1 fully saturated rings. The van der Waals surface area contributed by atoms with E-state index in [2.05, 4.69) is 0 Å². The van der Waals surface area contributed by atoms with Gasteiger partial charge in [-0.05, 0) is 6.07 Å². The van der Waals surface area contributed by atoms with Gasteiger partial charge >= 0.3 is 29.6 Å². The van der Waals surface area contributed by atoms with Gasteiger partial charge in [-0.3, -0.25) is 14.7 Å². The van der Waals surface area contributed by atoms with Gasteiger partial charge in [0.25, 0.3) is 15.8 Å². The van der Waals surface area contributed by atoms with Crippen LogP contribution >= 0.6 is 0 Å². The molecule has 2 rings (SSSR count). The molecule has 10 heteroatoms. The summed E-state index contributed by atoms with van der Waals surface area (Å²) in [5.41, 5.74) is -0.138. The van der Waals surface area contributed by atoms with Crippen LogP contribution in [-0.4, -0.2) is 44.2 Å². The number of anilines is 1. The summed E-state index contributed by atoms with van der Waals surface area (Å²) in [6.07, 6.45) is 0. The minimum atomic E-state index is -4.53. The Hall–Kier alpha value is -0.710. The Balaban J connectivity index is 0.00000200. The van der Waals surface area contributed by atoms with Gasteiger partial charge in [0.1, 0.15) is 4.90 Å². The standard InChI is InChI=1S/C10H12N2O6S.Na.H/c13-12(14)8-1-2-9(10(7-8)19(15,16)17)11-3-5-18-6-4-11;;/h1-2,7H,3-6H2,(H,15,16,17);;/q;+1;-1. The van der Waals surface area contributed by atoms with Crippen molar-refractivity contribution in [3.05, 3.63) is 28.3 Å². The van der Waals surface area contributed by atoms with Crippen LogP contribution in [0.5, 0.6) is 0 Å². The molecule has 0 radical (unpaired) electrons. The average Bonchev–Trinajstić information content (AvgIpc) is 2.38. The molecular formula is C10H13N2NaO6S. The molecule has 0 aromatic heterocycles. The third-order valence-corrected chi connectivity index (χ3v) is 3.67. The van der Waals surface area contributed by atoms with E-state index in [9.17, 15) is 23.1 Å². The van der Waals surface area contributed by atoms with Gasteiger partial charge in [0.2, 0.25) is 0 Å². The van der Waals surface area contributed by atoms with Gasteiger partial charge in [-0.15, -0.1) is 0 Å². The average molecular weight is 312 g/mol. The SMILES string of the molecule is O=[N+]([O-])c1ccc(N2CCOCC2)c(S(=O)(=O)O)c1.[H-].[Na+]. The van der Waals surface area contributed by atoms with Crippen molar-refractivity contribution in [2.24, 2.45) is 0 Å². The zero-order chi connectivity index (χ0) is 14.0. The summed E-state index contributed by atoms with van der Waals surface area (Å²) in [4.78, 5) is 11.2. The molecule has 1 N–H and O–H groups in total. The van der Waals surface area contributed by atoms with Crippen molar-refractivity contribution >= 4 is 21.5 Å². The Kier molecular flexibility index (Phi) is 5.92. The number of non-ortho nitro benzene ring substituents is 1. The fourth-order valence-electron chi connectivity index (χ4n) is 1.89. The summed E-state index contributed by atoms with van der Waals surface area (Å²) in [5.74, 6) is 0. The molecular weight excluding hydrogens is 299 g/mol. The topological polar surface area (TPSA) is 110 Å². The quantitative estimate of drug-likeness (QED) is 0.292.